The molecule has 1 saturated carbocycles. The van der Waals surface area contributed by atoms with E-state index in [-0.39, 0.29) is 0 Å². The minimum absolute atomic E-state index is 0.391. The van der Waals surface area contributed by atoms with E-state index >= 15 is 0 Å². The van der Waals surface area contributed by atoms with Crippen LogP contribution >= 0.6 is 0 Å². The zero-order chi connectivity index (χ0) is 10.8. The van der Waals surface area contributed by atoms with E-state index in [2.05, 4.69) is 27.7 Å². The Labute approximate surface area is 89.5 Å². The number of hydrogen-bond donors (Lipinski definition) is 1. The fourth-order valence-corrected chi connectivity index (χ4v) is 2.59. The molecule has 0 heterocycles. The molecule has 0 aromatic heterocycles. The highest BCUT2D eigenvalue weighted by molar-refractivity contribution is 4.81. The molecule has 1 aliphatic rings. The normalized spacial score (nSPS) is 31.5. The van der Waals surface area contributed by atoms with Gasteiger partial charge in [-0.3, -0.25) is 0 Å². The summed E-state index contributed by atoms with van der Waals surface area (Å²) in [6.45, 7) is 9.24. The monoisotopic (exact) mass is 197 g/mol. The van der Waals surface area contributed by atoms with Gasteiger partial charge in [-0.15, -0.1) is 0 Å². The van der Waals surface area contributed by atoms with Crippen LogP contribution in [0.1, 0.15) is 59.8 Å². The minimum Gasteiger partial charge on any atom is -0.327 e. The van der Waals surface area contributed by atoms with Gasteiger partial charge in [0.05, 0.1) is 0 Å². The number of nitrogens with two attached hydrogens (primary N) is 1. The maximum Gasteiger partial charge on any atom is 0.00721 e. The zero-order valence-electron chi connectivity index (χ0n) is 10.3. The highest BCUT2D eigenvalue weighted by Crippen LogP contribution is 2.33. The predicted molar refractivity (Wildman–Crippen MR) is 63.2 cm³/mol. The molecule has 1 unspecified atom stereocenters. The summed E-state index contributed by atoms with van der Waals surface area (Å²) < 4.78 is 0. The molecule has 1 nitrogen and oxygen atoms in total. The first kappa shape index (κ1) is 12.0. The Bertz CT molecular complexity index is 161. The van der Waals surface area contributed by atoms with Gasteiger partial charge in [0.15, 0.2) is 0 Å². The van der Waals surface area contributed by atoms with Crippen molar-refractivity contribution in [2.24, 2.45) is 23.0 Å². The van der Waals surface area contributed by atoms with Gasteiger partial charge in [0, 0.05) is 6.04 Å². The van der Waals surface area contributed by atoms with Crippen LogP contribution in [0.4, 0.5) is 0 Å². The average molecular weight is 197 g/mol. The highest BCUT2D eigenvalue weighted by Gasteiger charge is 2.26. The van der Waals surface area contributed by atoms with Gasteiger partial charge in [0.1, 0.15) is 0 Å². The van der Waals surface area contributed by atoms with Gasteiger partial charge in [0.2, 0.25) is 0 Å². The lowest BCUT2D eigenvalue weighted by Gasteiger charge is -2.33. The molecule has 1 aliphatic carbocycles. The summed E-state index contributed by atoms with van der Waals surface area (Å²) in [6.07, 6.45) is 6.67. The summed E-state index contributed by atoms with van der Waals surface area (Å²) in [5, 5.41) is 0. The quantitative estimate of drug-likeness (QED) is 0.719. The lowest BCUT2D eigenvalue weighted by Crippen LogP contribution is -2.36. The molecule has 0 amide bonds. The van der Waals surface area contributed by atoms with Crippen LogP contribution in [0, 0.1) is 17.3 Å². The van der Waals surface area contributed by atoms with E-state index in [1.165, 1.54) is 32.1 Å². The van der Waals surface area contributed by atoms with Crippen LogP contribution in [0.25, 0.3) is 0 Å². The van der Waals surface area contributed by atoms with Crippen molar-refractivity contribution in [1.82, 2.24) is 0 Å². The van der Waals surface area contributed by atoms with E-state index in [9.17, 15) is 0 Å². The van der Waals surface area contributed by atoms with Crippen molar-refractivity contribution in [1.29, 1.82) is 0 Å². The SMILES string of the molecule is CC1CCC(C(N)CC(C)(C)C)CC1. The van der Waals surface area contributed by atoms with E-state index < -0.39 is 0 Å². The number of rotatable bonds is 2. The Balaban J connectivity index is 2.34. The lowest BCUT2D eigenvalue weighted by molar-refractivity contribution is 0.212. The van der Waals surface area contributed by atoms with Crippen molar-refractivity contribution in [3.8, 4) is 0 Å². The van der Waals surface area contributed by atoms with Gasteiger partial charge in [-0.2, -0.15) is 0 Å². The second-order valence-corrected chi connectivity index (χ2v) is 6.45. The first-order valence-corrected chi connectivity index (χ1v) is 6.14. The van der Waals surface area contributed by atoms with E-state index in [0.717, 1.165) is 11.8 Å². The van der Waals surface area contributed by atoms with E-state index in [1.807, 2.05) is 0 Å². The van der Waals surface area contributed by atoms with Crippen molar-refractivity contribution < 1.29 is 0 Å². The lowest BCUT2D eigenvalue weighted by atomic mass is 9.75. The topological polar surface area (TPSA) is 26.0 Å². The Hall–Kier alpha value is -0.0400. The molecular weight excluding hydrogens is 170 g/mol. The molecule has 0 spiro atoms. The van der Waals surface area contributed by atoms with E-state index in [4.69, 9.17) is 5.73 Å². The molecule has 1 fully saturated rings. The molecule has 0 bridgehead atoms. The van der Waals surface area contributed by atoms with Crippen molar-refractivity contribution in [3.63, 3.8) is 0 Å². The Morgan fingerprint density at radius 1 is 1.14 bits per heavy atom. The standard InChI is InChI=1S/C13H27N/c1-10-5-7-11(8-6-10)12(14)9-13(2,3)4/h10-12H,5-9,14H2,1-4H3. The zero-order valence-corrected chi connectivity index (χ0v) is 10.3. The maximum atomic E-state index is 6.28. The Morgan fingerprint density at radius 2 is 1.64 bits per heavy atom. The van der Waals surface area contributed by atoms with Crippen LogP contribution < -0.4 is 5.73 Å². The molecule has 1 heteroatoms. The van der Waals surface area contributed by atoms with Crippen LogP contribution in [0.3, 0.4) is 0 Å². The van der Waals surface area contributed by atoms with Crippen molar-refractivity contribution >= 4 is 0 Å². The fourth-order valence-electron chi connectivity index (χ4n) is 2.59. The first-order valence-electron chi connectivity index (χ1n) is 6.14. The van der Waals surface area contributed by atoms with E-state index in [0.29, 0.717) is 11.5 Å². The summed E-state index contributed by atoms with van der Waals surface area (Å²) in [5.74, 6) is 1.73. The van der Waals surface area contributed by atoms with Crippen LogP contribution in [-0.2, 0) is 0 Å². The molecule has 0 radical (unpaired) electrons. The van der Waals surface area contributed by atoms with Gasteiger partial charge >= 0.3 is 0 Å². The predicted octanol–water partition coefficient (Wildman–Crippen LogP) is 3.58. The third-order valence-electron chi connectivity index (χ3n) is 3.51. The first-order chi connectivity index (χ1) is 6.38. The molecule has 1 atom stereocenters. The highest BCUT2D eigenvalue weighted by atomic mass is 14.7. The molecule has 0 aromatic rings. The molecule has 0 aromatic carbocycles. The van der Waals surface area contributed by atoms with Crippen LogP contribution in [0.15, 0.2) is 0 Å². The molecule has 0 saturated heterocycles. The molecule has 2 N–H and O–H groups in total. The van der Waals surface area contributed by atoms with Crippen LogP contribution in [0.5, 0.6) is 0 Å². The van der Waals surface area contributed by atoms with Crippen molar-refractivity contribution in [2.45, 2.75) is 65.8 Å². The summed E-state index contributed by atoms with van der Waals surface area (Å²) in [4.78, 5) is 0. The molecule has 1 rings (SSSR count). The smallest absolute Gasteiger partial charge is 0.00721 e. The molecule has 84 valence electrons. The van der Waals surface area contributed by atoms with Gasteiger partial charge in [-0.25, -0.2) is 0 Å². The third kappa shape index (κ3) is 4.00. The van der Waals surface area contributed by atoms with E-state index in [1.54, 1.807) is 0 Å². The minimum atomic E-state index is 0.391. The molecular formula is C13H27N. The van der Waals surface area contributed by atoms with Gasteiger partial charge < -0.3 is 5.73 Å². The fraction of sp³-hybridized carbons (Fsp3) is 1.00. The Kier molecular flexibility index (Phi) is 4.00. The average Bonchev–Trinajstić information content (AvgIpc) is 2.02. The maximum absolute atomic E-state index is 6.28. The summed E-state index contributed by atoms with van der Waals surface area (Å²) >= 11 is 0. The van der Waals surface area contributed by atoms with Crippen molar-refractivity contribution in [2.75, 3.05) is 0 Å². The van der Waals surface area contributed by atoms with Gasteiger partial charge in [0.25, 0.3) is 0 Å². The Morgan fingerprint density at radius 3 is 2.07 bits per heavy atom. The second-order valence-electron chi connectivity index (χ2n) is 6.45. The van der Waals surface area contributed by atoms with Crippen molar-refractivity contribution in [3.05, 3.63) is 0 Å². The second kappa shape index (κ2) is 4.65. The summed E-state index contributed by atoms with van der Waals surface area (Å²) in [6, 6.07) is 0.433. The number of hydrogen-bond acceptors (Lipinski definition) is 1. The van der Waals surface area contributed by atoms with Gasteiger partial charge in [-0.05, 0) is 36.5 Å². The van der Waals surface area contributed by atoms with Crippen LogP contribution in [-0.4, -0.2) is 6.04 Å². The largest absolute Gasteiger partial charge is 0.327 e. The van der Waals surface area contributed by atoms with Crippen LogP contribution in [0.2, 0.25) is 0 Å². The molecule has 0 aliphatic heterocycles. The molecule has 14 heavy (non-hydrogen) atoms. The third-order valence-corrected chi connectivity index (χ3v) is 3.51. The van der Waals surface area contributed by atoms with Gasteiger partial charge in [-0.1, -0.05) is 40.5 Å². The summed E-state index contributed by atoms with van der Waals surface area (Å²) in [5.41, 5.74) is 6.67. The summed E-state index contributed by atoms with van der Waals surface area (Å²) in [7, 11) is 0.